The van der Waals surface area contributed by atoms with Gasteiger partial charge in [-0.05, 0) is 43.3 Å². The smallest absolute Gasteiger partial charge is 0.128 e. The first kappa shape index (κ1) is 14.6. The quantitative estimate of drug-likeness (QED) is 0.698. The van der Waals surface area contributed by atoms with Crippen LogP contribution in [0.2, 0.25) is 10.0 Å². The van der Waals surface area contributed by atoms with Crippen LogP contribution in [0.15, 0.2) is 40.9 Å². The van der Waals surface area contributed by atoms with Gasteiger partial charge in [-0.2, -0.15) is 0 Å². The van der Waals surface area contributed by atoms with Gasteiger partial charge in [0.1, 0.15) is 5.82 Å². The maximum atomic E-state index is 13.8. The van der Waals surface area contributed by atoms with E-state index in [4.69, 9.17) is 23.2 Å². The van der Waals surface area contributed by atoms with Crippen molar-refractivity contribution in [2.24, 2.45) is 0 Å². The van der Waals surface area contributed by atoms with Crippen molar-refractivity contribution < 1.29 is 4.39 Å². The summed E-state index contributed by atoms with van der Waals surface area (Å²) in [5.41, 5.74) is 1.38. The molecule has 2 aromatic rings. The average Bonchev–Trinajstić information content (AvgIpc) is 2.36. The SMILES string of the molecule is CC(Nc1ccc(Cl)c(Cl)c1)c1cc(Br)ccc1F. The second-order valence-electron chi connectivity index (χ2n) is 4.16. The van der Waals surface area contributed by atoms with Gasteiger partial charge in [0.05, 0.1) is 16.1 Å². The first-order valence-electron chi connectivity index (χ1n) is 5.64. The molecule has 5 heteroatoms. The topological polar surface area (TPSA) is 12.0 Å². The lowest BCUT2D eigenvalue weighted by atomic mass is 10.1. The molecular weight excluding hydrogens is 352 g/mol. The van der Waals surface area contributed by atoms with Crippen LogP contribution in [0, 0.1) is 5.82 Å². The molecule has 0 heterocycles. The van der Waals surface area contributed by atoms with Crippen LogP contribution in [0.4, 0.5) is 10.1 Å². The van der Waals surface area contributed by atoms with Crippen LogP contribution < -0.4 is 5.32 Å². The highest BCUT2D eigenvalue weighted by atomic mass is 79.9. The zero-order valence-electron chi connectivity index (χ0n) is 10.1. The number of nitrogens with one attached hydrogen (secondary N) is 1. The standard InChI is InChI=1S/C14H11BrCl2FN/c1-8(11-6-9(15)2-5-14(11)18)19-10-3-4-12(16)13(17)7-10/h2-8,19H,1H3. The fourth-order valence-corrected chi connectivity index (χ4v) is 2.44. The van der Waals surface area contributed by atoms with E-state index in [2.05, 4.69) is 21.2 Å². The maximum absolute atomic E-state index is 13.8. The summed E-state index contributed by atoms with van der Waals surface area (Å²) in [7, 11) is 0. The van der Waals surface area contributed by atoms with Crippen LogP contribution in [-0.4, -0.2) is 0 Å². The molecule has 0 spiro atoms. The Balaban J connectivity index is 2.22. The summed E-state index contributed by atoms with van der Waals surface area (Å²) in [5, 5.41) is 4.15. The minimum atomic E-state index is -0.247. The Morgan fingerprint density at radius 2 is 1.84 bits per heavy atom. The van der Waals surface area contributed by atoms with E-state index >= 15 is 0 Å². The number of halogens is 4. The summed E-state index contributed by atoms with van der Waals surface area (Å²) in [4.78, 5) is 0. The van der Waals surface area contributed by atoms with Crippen LogP contribution in [0.1, 0.15) is 18.5 Å². The third kappa shape index (κ3) is 3.62. The van der Waals surface area contributed by atoms with Gasteiger partial charge in [0, 0.05) is 15.7 Å². The molecule has 0 saturated heterocycles. The van der Waals surface area contributed by atoms with Gasteiger partial charge >= 0.3 is 0 Å². The molecule has 0 amide bonds. The van der Waals surface area contributed by atoms with E-state index in [1.54, 1.807) is 30.3 Å². The van der Waals surface area contributed by atoms with Crippen molar-refractivity contribution in [3.05, 3.63) is 62.3 Å². The minimum absolute atomic E-state index is 0.185. The van der Waals surface area contributed by atoms with E-state index in [1.807, 2.05) is 6.92 Å². The molecule has 0 bridgehead atoms. The highest BCUT2D eigenvalue weighted by Gasteiger charge is 2.11. The minimum Gasteiger partial charge on any atom is -0.378 e. The van der Waals surface area contributed by atoms with Crippen LogP contribution in [0.25, 0.3) is 0 Å². The molecule has 0 aromatic heterocycles. The van der Waals surface area contributed by atoms with Crippen LogP contribution >= 0.6 is 39.1 Å². The zero-order chi connectivity index (χ0) is 14.0. The number of hydrogen-bond donors (Lipinski definition) is 1. The molecular formula is C14H11BrCl2FN. The van der Waals surface area contributed by atoms with Gasteiger partial charge in [-0.25, -0.2) is 4.39 Å². The summed E-state index contributed by atoms with van der Waals surface area (Å²) in [6.07, 6.45) is 0. The molecule has 1 nitrogen and oxygen atoms in total. The molecule has 2 aromatic carbocycles. The third-order valence-corrected chi connectivity index (χ3v) is 3.96. The van der Waals surface area contributed by atoms with Crippen LogP contribution in [-0.2, 0) is 0 Å². The lowest BCUT2D eigenvalue weighted by Crippen LogP contribution is -2.08. The third-order valence-electron chi connectivity index (χ3n) is 2.73. The predicted octanol–water partition coefficient (Wildman–Crippen LogP) is 6.07. The van der Waals surface area contributed by atoms with E-state index < -0.39 is 0 Å². The maximum Gasteiger partial charge on any atom is 0.128 e. The molecule has 0 fully saturated rings. The highest BCUT2D eigenvalue weighted by molar-refractivity contribution is 9.10. The van der Waals surface area contributed by atoms with Crippen molar-refractivity contribution in [2.45, 2.75) is 13.0 Å². The van der Waals surface area contributed by atoms with Crippen molar-refractivity contribution in [3.8, 4) is 0 Å². The molecule has 19 heavy (non-hydrogen) atoms. The fraction of sp³-hybridized carbons (Fsp3) is 0.143. The summed E-state index contributed by atoms with van der Waals surface area (Å²) >= 11 is 15.1. The van der Waals surface area contributed by atoms with E-state index in [1.165, 1.54) is 6.07 Å². The van der Waals surface area contributed by atoms with E-state index in [0.717, 1.165) is 10.2 Å². The van der Waals surface area contributed by atoms with E-state index in [0.29, 0.717) is 15.6 Å². The van der Waals surface area contributed by atoms with Gasteiger partial charge in [-0.1, -0.05) is 39.1 Å². The summed E-state index contributed by atoms with van der Waals surface area (Å²) < 4.78 is 14.6. The molecule has 1 atom stereocenters. The molecule has 0 aliphatic rings. The second kappa shape index (κ2) is 6.12. The van der Waals surface area contributed by atoms with Crippen molar-refractivity contribution in [3.63, 3.8) is 0 Å². The van der Waals surface area contributed by atoms with Gasteiger partial charge in [-0.15, -0.1) is 0 Å². The number of benzene rings is 2. The predicted molar refractivity (Wildman–Crippen MR) is 82.6 cm³/mol. The number of hydrogen-bond acceptors (Lipinski definition) is 1. The molecule has 0 saturated carbocycles. The van der Waals surface area contributed by atoms with Gasteiger partial charge in [-0.3, -0.25) is 0 Å². The van der Waals surface area contributed by atoms with Gasteiger partial charge < -0.3 is 5.32 Å². The monoisotopic (exact) mass is 361 g/mol. The molecule has 100 valence electrons. The Bertz CT molecular complexity index is 604. The molecule has 0 aliphatic carbocycles. The zero-order valence-corrected chi connectivity index (χ0v) is 13.2. The highest BCUT2D eigenvalue weighted by Crippen LogP contribution is 2.29. The molecule has 1 N–H and O–H groups in total. The van der Waals surface area contributed by atoms with Crippen LogP contribution in [0.5, 0.6) is 0 Å². The van der Waals surface area contributed by atoms with Gasteiger partial charge in [0.2, 0.25) is 0 Å². The summed E-state index contributed by atoms with van der Waals surface area (Å²) in [6.45, 7) is 1.88. The fourth-order valence-electron chi connectivity index (χ4n) is 1.76. The Morgan fingerprint density at radius 1 is 1.11 bits per heavy atom. The van der Waals surface area contributed by atoms with Crippen LogP contribution in [0.3, 0.4) is 0 Å². The second-order valence-corrected chi connectivity index (χ2v) is 5.89. The Labute approximate surface area is 129 Å². The van der Waals surface area contributed by atoms with Gasteiger partial charge in [0.15, 0.2) is 0 Å². The average molecular weight is 363 g/mol. The molecule has 0 radical (unpaired) electrons. The largest absolute Gasteiger partial charge is 0.378 e. The normalized spacial score (nSPS) is 12.3. The number of anilines is 1. The molecule has 2 rings (SSSR count). The first-order valence-corrected chi connectivity index (χ1v) is 7.19. The van der Waals surface area contributed by atoms with Crippen molar-refractivity contribution in [2.75, 3.05) is 5.32 Å². The Hall–Kier alpha value is -0.770. The van der Waals surface area contributed by atoms with E-state index in [-0.39, 0.29) is 11.9 Å². The summed E-state index contributed by atoms with van der Waals surface area (Å²) in [5.74, 6) is -0.247. The molecule has 1 unspecified atom stereocenters. The van der Waals surface area contributed by atoms with Crippen molar-refractivity contribution in [1.82, 2.24) is 0 Å². The first-order chi connectivity index (χ1) is 8.97. The van der Waals surface area contributed by atoms with Crippen molar-refractivity contribution in [1.29, 1.82) is 0 Å². The summed E-state index contributed by atoms with van der Waals surface area (Å²) in [6, 6.07) is 9.91. The lowest BCUT2D eigenvalue weighted by molar-refractivity contribution is 0.600. The van der Waals surface area contributed by atoms with Crippen molar-refractivity contribution >= 4 is 44.8 Å². The molecule has 0 aliphatic heterocycles. The Kier molecular flexibility index (Phi) is 4.71. The lowest BCUT2D eigenvalue weighted by Gasteiger charge is -2.17. The van der Waals surface area contributed by atoms with Gasteiger partial charge in [0.25, 0.3) is 0 Å². The number of rotatable bonds is 3. The Morgan fingerprint density at radius 3 is 2.53 bits per heavy atom. The van der Waals surface area contributed by atoms with E-state index in [9.17, 15) is 4.39 Å².